The largest absolute Gasteiger partial charge is 0.378 e. The molecule has 13 heavy (non-hydrogen) atoms. The summed E-state index contributed by atoms with van der Waals surface area (Å²) in [6, 6.07) is 5.93. The second kappa shape index (κ2) is 3.05. The molecule has 0 spiro atoms. The Bertz CT molecular complexity index is 368. The van der Waals surface area contributed by atoms with E-state index < -0.39 is 0 Å². The lowest BCUT2D eigenvalue weighted by molar-refractivity contribution is -0.109. The number of benzene rings is 1. The fourth-order valence-electron chi connectivity index (χ4n) is 1.57. The van der Waals surface area contributed by atoms with Crippen LogP contribution in [0.25, 0.3) is 6.08 Å². The first-order valence-corrected chi connectivity index (χ1v) is 4.30. The van der Waals surface area contributed by atoms with Crippen molar-refractivity contribution in [3.05, 3.63) is 41.1 Å². The smallest absolute Gasteiger partial charge is 0.146 e. The van der Waals surface area contributed by atoms with Crippen LogP contribution in [0.2, 0.25) is 0 Å². The summed E-state index contributed by atoms with van der Waals surface area (Å²) < 4.78 is 0. The van der Waals surface area contributed by atoms with Crippen molar-refractivity contribution in [3.63, 3.8) is 0 Å². The number of rotatable bonds is 1. The Balaban J connectivity index is 2.53. The molecule has 1 heterocycles. The van der Waals surface area contributed by atoms with Gasteiger partial charge in [0.05, 0.1) is 0 Å². The van der Waals surface area contributed by atoms with Crippen LogP contribution in [0.3, 0.4) is 0 Å². The molecule has 0 radical (unpaired) electrons. The summed E-state index contributed by atoms with van der Waals surface area (Å²) in [5, 5.41) is 3.00. The summed E-state index contributed by atoms with van der Waals surface area (Å²) in [5.41, 5.74) is 3.41. The Morgan fingerprint density at radius 1 is 1.46 bits per heavy atom. The van der Waals surface area contributed by atoms with E-state index in [-0.39, 0.29) is 6.04 Å². The van der Waals surface area contributed by atoms with Crippen molar-refractivity contribution in [1.82, 2.24) is 5.32 Å². The molecule has 2 nitrogen and oxygen atoms in total. The molecule has 0 bridgehead atoms. The fourth-order valence-corrected chi connectivity index (χ4v) is 1.57. The third-order valence-corrected chi connectivity index (χ3v) is 2.25. The van der Waals surface area contributed by atoms with Crippen LogP contribution in [0.1, 0.15) is 22.7 Å². The number of aryl methyl sites for hydroxylation is 1. The van der Waals surface area contributed by atoms with Gasteiger partial charge < -0.3 is 10.1 Å². The van der Waals surface area contributed by atoms with Gasteiger partial charge in [-0.2, -0.15) is 0 Å². The maximum absolute atomic E-state index is 10.7. The summed E-state index contributed by atoms with van der Waals surface area (Å²) >= 11 is 0. The lowest BCUT2D eigenvalue weighted by Gasteiger charge is -2.18. The van der Waals surface area contributed by atoms with Gasteiger partial charge in [-0.15, -0.1) is 0 Å². The molecular formula is C11H11NO. The number of hydrogen-bond acceptors (Lipinski definition) is 2. The van der Waals surface area contributed by atoms with Gasteiger partial charge in [0.15, 0.2) is 0 Å². The third-order valence-electron chi connectivity index (χ3n) is 2.25. The van der Waals surface area contributed by atoms with Crippen molar-refractivity contribution in [2.24, 2.45) is 0 Å². The van der Waals surface area contributed by atoms with Crippen LogP contribution < -0.4 is 5.32 Å². The number of fused-ring (bicyclic) bond motifs is 1. The van der Waals surface area contributed by atoms with Gasteiger partial charge in [-0.25, -0.2) is 0 Å². The Morgan fingerprint density at radius 2 is 2.31 bits per heavy atom. The number of carbonyl (C=O) groups is 1. The highest BCUT2D eigenvalue weighted by atomic mass is 16.1. The van der Waals surface area contributed by atoms with Crippen molar-refractivity contribution in [3.8, 4) is 0 Å². The Hall–Kier alpha value is -1.57. The molecule has 0 saturated carbocycles. The minimum Gasteiger partial charge on any atom is -0.378 e. The summed E-state index contributed by atoms with van der Waals surface area (Å²) in [7, 11) is 0. The van der Waals surface area contributed by atoms with E-state index in [1.54, 1.807) is 0 Å². The van der Waals surface area contributed by atoms with E-state index >= 15 is 0 Å². The van der Waals surface area contributed by atoms with Crippen molar-refractivity contribution >= 4 is 12.4 Å². The van der Waals surface area contributed by atoms with Crippen molar-refractivity contribution < 1.29 is 4.79 Å². The SMILES string of the molecule is Cc1ccc2c(c1)C=CNC2C=O. The maximum atomic E-state index is 10.7. The molecule has 0 fully saturated rings. The zero-order valence-corrected chi connectivity index (χ0v) is 7.45. The first-order valence-electron chi connectivity index (χ1n) is 4.30. The van der Waals surface area contributed by atoms with Gasteiger partial charge in [0, 0.05) is 0 Å². The zero-order chi connectivity index (χ0) is 9.26. The normalized spacial score (nSPS) is 19.0. The first kappa shape index (κ1) is 8.05. The van der Waals surface area contributed by atoms with Gasteiger partial charge >= 0.3 is 0 Å². The predicted octanol–water partition coefficient (Wildman–Crippen LogP) is 1.81. The molecule has 2 heteroatoms. The van der Waals surface area contributed by atoms with Crippen molar-refractivity contribution in [2.75, 3.05) is 0 Å². The Labute approximate surface area is 77.3 Å². The third kappa shape index (κ3) is 1.35. The van der Waals surface area contributed by atoms with E-state index in [4.69, 9.17) is 0 Å². The highest BCUT2D eigenvalue weighted by molar-refractivity contribution is 5.70. The van der Waals surface area contributed by atoms with Crippen LogP contribution >= 0.6 is 0 Å². The average Bonchev–Trinajstić information content (AvgIpc) is 2.16. The summed E-state index contributed by atoms with van der Waals surface area (Å²) in [5.74, 6) is 0. The Morgan fingerprint density at radius 3 is 3.08 bits per heavy atom. The van der Waals surface area contributed by atoms with Gasteiger partial charge in [-0.05, 0) is 30.3 Å². The van der Waals surface area contributed by atoms with Gasteiger partial charge in [-0.1, -0.05) is 23.8 Å². The van der Waals surface area contributed by atoms with E-state index in [1.807, 2.05) is 31.3 Å². The van der Waals surface area contributed by atoms with Crippen molar-refractivity contribution in [2.45, 2.75) is 13.0 Å². The molecular weight excluding hydrogens is 162 g/mol. The molecule has 1 aliphatic rings. The molecule has 0 saturated heterocycles. The molecule has 1 unspecified atom stereocenters. The number of carbonyl (C=O) groups excluding carboxylic acids is 1. The highest BCUT2D eigenvalue weighted by Crippen LogP contribution is 2.22. The lowest BCUT2D eigenvalue weighted by atomic mass is 9.97. The van der Waals surface area contributed by atoms with Gasteiger partial charge in [0.2, 0.25) is 0 Å². The summed E-state index contributed by atoms with van der Waals surface area (Å²) in [4.78, 5) is 10.7. The van der Waals surface area contributed by atoms with E-state index in [0.29, 0.717) is 0 Å². The van der Waals surface area contributed by atoms with Crippen molar-refractivity contribution in [1.29, 1.82) is 0 Å². The van der Waals surface area contributed by atoms with Crippen LogP contribution in [-0.4, -0.2) is 6.29 Å². The molecule has 1 aromatic carbocycles. The molecule has 0 aromatic heterocycles. The fraction of sp³-hybridized carbons (Fsp3) is 0.182. The quantitative estimate of drug-likeness (QED) is 0.656. The Kier molecular flexibility index (Phi) is 1.89. The first-order chi connectivity index (χ1) is 6.31. The van der Waals surface area contributed by atoms with E-state index in [0.717, 1.165) is 17.4 Å². The molecule has 1 N–H and O–H groups in total. The average molecular weight is 173 g/mol. The van der Waals surface area contributed by atoms with Crippen LogP contribution in [0.4, 0.5) is 0 Å². The molecule has 1 atom stereocenters. The van der Waals surface area contributed by atoms with Crippen LogP contribution in [0, 0.1) is 6.92 Å². The van der Waals surface area contributed by atoms with Crippen LogP contribution in [-0.2, 0) is 4.79 Å². The van der Waals surface area contributed by atoms with Crippen LogP contribution in [0.15, 0.2) is 24.4 Å². The topological polar surface area (TPSA) is 29.1 Å². The minimum absolute atomic E-state index is 0.180. The van der Waals surface area contributed by atoms with Gasteiger partial charge in [0.1, 0.15) is 12.3 Å². The molecule has 0 amide bonds. The standard InChI is InChI=1S/C11H11NO/c1-8-2-3-10-9(6-8)4-5-12-11(10)7-13/h2-7,11-12H,1H3. The maximum Gasteiger partial charge on any atom is 0.146 e. The second-order valence-electron chi connectivity index (χ2n) is 3.25. The highest BCUT2D eigenvalue weighted by Gasteiger charge is 2.14. The van der Waals surface area contributed by atoms with E-state index in [1.165, 1.54) is 5.56 Å². The number of hydrogen-bond donors (Lipinski definition) is 1. The molecule has 66 valence electrons. The second-order valence-corrected chi connectivity index (χ2v) is 3.25. The minimum atomic E-state index is -0.180. The molecule has 1 aromatic rings. The van der Waals surface area contributed by atoms with Crippen LogP contribution in [0.5, 0.6) is 0 Å². The zero-order valence-electron chi connectivity index (χ0n) is 7.45. The summed E-state index contributed by atoms with van der Waals surface area (Å²) in [6.45, 7) is 2.05. The van der Waals surface area contributed by atoms with E-state index in [2.05, 4.69) is 11.4 Å². The number of aldehydes is 1. The monoisotopic (exact) mass is 173 g/mol. The van der Waals surface area contributed by atoms with Gasteiger partial charge in [0.25, 0.3) is 0 Å². The van der Waals surface area contributed by atoms with Gasteiger partial charge in [-0.3, -0.25) is 0 Å². The number of nitrogens with one attached hydrogen (secondary N) is 1. The predicted molar refractivity (Wildman–Crippen MR) is 52.2 cm³/mol. The van der Waals surface area contributed by atoms with E-state index in [9.17, 15) is 4.79 Å². The lowest BCUT2D eigenvalue weighted by Crippen LogP contribution is -2.20. The molecule has 2 rings (SSSR count). The molecule has 0 aliphatic carbocycles. The molecule has 1 aliphatic heterocycles. The summed E-state index contributed by atoms with van der Waals surface area (Å²) in [6.07, 6.45) is 4.74.